The van der Waals surface area contributed by atoms with Crippen LogP contribution in [0, 0.1) is 20.8 Å². The number of hydrogen-bond acceptors (Lipinski definition) is 4. The lowest BCUT2D eigenvalue weighted by atomic mass is 10.1. The van der Waals surface area contributed by atoms with Crippen molar-refractivity contribution in [2.24, 2.45) is 0 Å². The molecular weight excluding hydrogens is 465 g/mol. The van der Waals surface area contributed by atoms with Crippen LogP contribution in [0.5, 0.6) is 0 Å². The zero-order chi connectivity index (χ0) is 23.0. The van der Waals surface area contributed by atoms with E-state index < -0.39 is 0 Å². The number of hydrogen-bond donors (Lipinski definition) is 2. The van der Waals surface area contributed by atoms with Gasteiger partial charge in [0.15, 0.2) is 10.7 Å². The van der Waals surface area contributed by atoms with E-state index in [2.05, 4.69) is 15.6 Å². The third kappa shape index (κ3) is 4.63. The summed E-state index contributed by atoms with van der Waals surface area (Å²) in [6.45, 7) is 5.81. The van der Waals surface area contributed by atoms with Gasteiger partial charge in [-0.2, -0.15) is 0 Å². The number of nitrogens with zero attached hydrogens (tertiary/aromatic N) is 1. The Balaban J connectivity index is 1.56. The maximum Gasteiger partial charge on any atom is 0.257 e. The van der Waals surface area contributed by atoms with Gasteiger partial charge in [0.25, 0.3) is 5.91 Å². The van der Waals surface area contributed by atoms with Crippen LogP contribution >= 0.6 is 35.4 Å². The average Bonchev–Trinajstić information content (AvgIpc) is 3.13. The number of thiocarbonyl (C=S) groups is 1. The first-order valence-electron chi connectivity index (χ1n) is 9.77. The summed E-state index contributed by atoms with van der Waals surface area (Å²) in [6.07, 6.45) is 0. The molecule has 4 aromatic rings. The highest BCUT2D eigenvalue weighted by Gasteiger charge is 2.15. The Morgan fingerprint density at radius 3 is 2.53 bits per heavy atom. The van der Waals surface area contributed by atoms with Crippen LogP contribution in [0.3, 0.4) is 0 Å². The van der Waals surface area contributed by atoms with Gasteiger partial charge in [-0.1, -0.05) is 47.0 Å². The second-order valence-corrected chi connectivity index (χ2v) is 8.76. The van der Waals surface area contributed by atoms with E-state index >= 15 is 0 Å². The number of aryl methyl sites for hydroxylation is 3. The Kier molecular flexibility index (Phi) is 6.20. The summed E-state index contributed by atoms with van der Waals surface area (Å²) in [5.41, 5.74) is 5.99. The maximum absolute atomic E-state index is 12.6. The molecule has 2 N–H and O–H groups in total. The summed E-state index contributed by atoms with van der Waals surface area (Å²) in [5.74, 6) is 0.136. The molecule has 32 heavy (non-hydrogen) atoms. The summed E-state index contributed by atoms with van der Waals surface area (Å²) in [6, 6.07) is 14.6. The predicted molar refractivity (Wildman–Crippen MR) is 134 cm³/mol. The van der Waals surface area contributed by atoms with E-state index in [-0.39, 0.29) is 11.0 Å². The molecule has 5 nitrogen and oxygen atoms in total. The van der Waals surface area contributed by atoms with E-state index in [1.165, 1.54) is 0 Å². The van der Waals surface area contributed by atoms with Gasteiger partial charge in [0.05, 0.1) is 5.02 Å². The third-order valence-electron chi connectivity index (χ3n) is 5.00. The van der Waals surface area contributed by atoms with Crippen LogP contribution in [-0.4, -0.2) is 16.0 Å². The van der Waals surface area contributed by atoms with E-state index in [0.717, 1.165) is 27.9 Å². The number of aromatic nitrogens is 1. The molecular formula is C24H19Cl2N3O2S. The van der Waals surface area contributed by atoms with Crippen LogP contribution in [0.25, 0.3) is 22.6 Å². The SMILES string of the molecule is Cc1ccc(C(=O)NC(=S)Nc2cc(-c3nc4cc(Cl)cc(Cl)c4o3)ccc2C)c(C)c1. The van der Waals surface area contributed by atoms with E-state index in [4.69, 9.17) is 39.8 Å². The molecule has 0 atom stereocenters. The van der Waals surface area contributed by atoms with Crippen molar-refractivity contribution in [2.75, 3.05) is 5.32 Å². The van der Waals surface area contributed by atoms with Crippen molar-refractivity contribution in [3.05, 3.63) is 80.8 Å². The summed E-state index contributed by atoms with van der Waals surface area (Å²) in [5, 5.41) is 6.90. The molecule has 0 aliphatic rings. The standard InChI is InChI=1S/C24H19Cl2N3O2S/c1-12-4-7-17(14(3)8-12)22(30)29-24(32)28-19-9-15(6-5-13(19)2)23-27-20-11-16(25)10-18(26)21(20)31-23/h4-11H,1-3H3,(H2,28,29,30,32). The minimum absolute atomic E-state index is 0.197. The first kappa shape index (κ1) is 22.3. The molecule has 0 aliphatic carbocycles. The Labute approximate surface area is 200 Å². The predicted octanol–water partition coefficient (Wildman–Crippen LogP) is 6.85. The lowest BCUT2D eigenvalue weighted by Crippen LogP contribution is -2.34. The van der Waals surface area contributed by atoms with Gasteiger partial charge in [-0.25, -0.2) is 4.98 Å². The van der Waals surface area contributed by atoms with E-state index in [1.54, 1.807) is 18.2 Å². The van der Waals surface area contributed by atoms with Crippen molar-refractivity contribution < 1.29 is 9.21 Å². The topological polar surface area (TPSA) is 67.2 Å². The summed E-state index contributed by atoms with van der Waals surface area (Å²) in [4.78, 5) is 17.1. The molecule has 1 aromatic heterocycles. The van der Waals surface area contributed by atoms with Crippen LogP contribution in [0.2, 0.25) is 10.0 Å². The van der Waals surface area contributed by atoms with Gasteiger partial charge >= 0.3 is 0 Å². The van der Waals surface area contributed by atoms with E-state index in [0.29, 0.717) is 32.6 Å². The van der Waals surface area contributed by atoms with Gasteiger partial charge in [0.1, 0.15) is 5.52 Å². The molecule has 4 rings (SSSR count). The Morgan fingerprint density at radius 1 is 1.00 bits per heavy atom. The third-order valence-corrected chi connectivity index (χ3v) is 5.70. The van der Waals surface area contributed by atoms with Crippen molar-refractivity contribution >= 4 is 63.2 Å². The minimum atomic E-state index is -0.265. The van der Waals surface area contributed by atoms with Crippen LogP contribution in [0.4, 0.5) is 5.69 Å². The number of nitrogens with one attached hydrogen (secondary N) is 2. The molecule has 0 radical (unpaired) electrons. The normalized spacial score (nSPS) is 10.9. The smallest absolute Gasteiger partial charge is 0.257 e. The van der Waals surface area contributed by atoms with Crippen molar-refractivity contribution in [1.82, 2.24) is 10.3 Å². The second-order valence-electron chi connectivity index (χ2n) is 7.51. The summed E-state index contributed by atoms with van der Waals surface area (Å²) >= 11 is 17.7. The van der Waals surface area contributed by atoms with Crippen LogP contribution < -0.4 is 10.6 Å². The number of rotatable bonds is 3. The highest BCUT2D eigenvalue weighted by Crippen LogP contribution is 2.33. The number of oxazole rings is 1. The lowest BCUT2D eigenvalue weighted by molar-refractivity contribution is 0.0977. The monoisotopic (exact) mass is 483 g/mol. The largest absolute Gasteiger partial charge is 0.435 e. The summed E-state index contributed by atoms with van der Waals surface area (Å²) in [7, 11) is 0. The maximum atomic E-state index is 12.6. The zero-order valence-electron chi connectivity index (χ0n) is 17.5. The fourth-order valence-corrected chi connectivity index (χ4v) is 4.09. The van der Waals surface area contributed by atoms with Crippen LogP contribution in [-0.2, 0) is 0 Å². The molecule has 0 bridgehead atoms. The fraction of sp³-hybridized carbons (Fsp3) is 0.125. The van der Waals surface area contributed by atoms with Gasteiger partial charge in [-0.05, 0) is 74.4 Å². The Hall–Kier alpha value is -2.93. The molecule has 0 fully saturated rings. The minimum Gasteiger partial charge on any atom is -0.435 e. The van der Waals surface area contributed by atoms with Gasteiger partial charge in [-0.15, -0.1) is 0 Å². The Morgan fingerprint density at radius 2 is 1.78 bits per heavy atom. The van der Waals surface area contributed by atoms with Crippen LogP contribution in [0.15, 0.2) is 52.9 Å². The summed E-state index contributed by atoms with van der Waals surface area (Å²) < 4.78 is 5.85. The van der Waals surface area contributed by atoms with Crippen molar-refractivity contribution in [3.8, 4) is 11.5 Å². The number of carbonyl (C=O) groups excluding carboxylic acids is 1. The molecule has 0 aliphatic heterocycles. The average molecular weight is 484 g/mol. The first-order valence-corrected chi connectivity index (χ1v) is 10.9. The number of carbonyl (C=O) groups is 1. The lowest BCUT2D eigenvalue weighted by Gasteiger charge is -2.13. The molecule has 8 heteroatoms. The quantitative estimate of drug-likeness (QED) is 0.311. The first-order chi connectivity index (χ1) is 15.2. The number of anilines is 1. The van der Waals surface area contributed by atoms with Crippen molar-refractivity contribution in [1.29, 1.82) is 0 Å². The molecule has 0 unspecified atom stereocenters. The zero-order valence-corrected chi connectivity index (χ0v) is 19.9. The second kappa shape index (κ2) is 8.90. The number of amides is 1. The van der Waals surface area contributed by atoms with Gasteiger partial charge in [0.2, 0.25) is 5.89 Å². The molecule has 162 valence electrons. The van der Waals surface area contributed by atoms with E-state index in [9.17, 15) is 4.79 Å². The van der Waals surface area contributed by atoms with Gasteiger partial charge < -0.3 is 9.73 Å². The molecule has 0 spiro atoms. The Bertz CT molecular complexity index is 1380. The number of halogens is 2. The molecule has 3 aromatic carbocycles. The molecule has 1 amide bonds. The molecule has 1 heterocycles. The number of fused-ring (bicyclic) bond motifs is 1. The molecule has 0 saturated heterocycles. The van der Waals surface area contributed by atoms with E-state index in [1.807, 2.05) is 51.1 Å². The number of benzene rings is 3. The van der Waals surface area contributed by atoms with Gasteiger partial charge in [-0.3, -0.25) is 10.1 Å². The van der Waals surface area contributed by atoms with Crippen LogP contribution in [0.1, 0.15) is 27.0 Å². The highest BCUT2D eigenvalue weighted by atomic mass is 35.5. The fourth-order valence-electron chi connectivity index (χ4n) is 3.37. The molecule has 0 saturated carbocycles. The highest BCUT2D eigenvalue weighted by molar-refractivity contribution is 7.80. The van der Waals surface area contributed by atoms with Crippen molar-refractivity contribution in [2.45, 2.75) is 20.8 Å². The van der Waals surface area contributed by atoms with Gasteiger partial charge in [0, 0.05) is 21.8 Å². The van der Waals surface area contributed by atoms with Crippen molar-refractivity contribution in [3.63, 3.8) is 0 Å².